The molecule has 0 bridgehead atoms. The largest absolute Gasteiger partial charge is 0.326 e. The average molecular weight is 442 g/mol. The SMILES string of the molecule is CCCCn1c(-c2ccccc2)nc(-c2ccccc2)c1CN(CC)Cc1ccc(F)cc1. The summed E-state index contributed by atoms with van der Waals surface area (Å²) in [5.74, 6) is 0.828. The van der Waals surface area contributed by atoms with E-state index in [1.54, 1.807) is 0 Å². The highest BCUT2D eigenvalue weighted by Crippen LogP contribution is 2.31. The molecule has 0 fully saturated rings. The van der Waals surface area contributed by atoms with Crippen LogP contribution in [-0.4, -0.2) is 21.0 Å². The average Bonchev–Trinajstić information content (AvgIpc) is 3.22. The van der Waals surface area contributed by atoms with Crippen LogP contribution in [0.2, 0.25) is 0 Å². The first-order valence-electron chi connectivity index (χ1n) is 11.9. The fourth-order valence-corrected chi connectivity index (χ4v) is 4.18. The van der Waals surface area contributed by atoms with Crippen LogP contribution in [-0.2, 0) is 19.6 Å². The van der Waals surface area contributed by atoms with Gasteiger partial charge in [-0.25, -0.2) is 9.37 Å². The molecular weight excluding hydrogens is 409 g/mol. The van der Waals surface area contributed by atoms with E-state index in [0.717, 1.165) is 67.2 Å². The number of hydrogen-bond donors (Lipinski definition) is 0. The second-order valence-electron chi connectivity index (χ2n) is 8.40. The van der Waals surface area contributed by atoms with Crippen LogP contribution in [0.1, 0.15) is 37.9 Å². The molecule has 170 valence electrons. The van der Waals surface area contributed by atoms with Crippen LogP contribution in [0.15, 0.2) is 84.9 Å². The Morgan fingerprint density at radius 3 is 2.03 bits per heavy atom. The van der Waals surface area contributed by atoms with Gasteiger partial charge in [-0.2, -0.15) is 0 Å². The lowest BCUT2D eigenvalue weighted by Crippen LogP contribution is -2.24. The highest BCUT2D eigenvalue weighted by Gasteiger charge is 2.21. The molecule has 0 saturated carbocycles. The summed E-state index contributed by atoms with van der Waals surface area (Å²) < 4.78 is 15.8. The molecule has 3 nitrogen and oxygen atoms in total. The molecular formula is C29H32FN3. The highest BCUT2D eigenvalue weighted by atomic mass is 19.1. The Morgan fingerprint density at radius 1 is 0.788 bits per heavy atom. The molecule has 4 heteroatoms. The third kappa shape index (κ3) is 5.58. The van der Waals surface area contributed by atoms with E-state index in [1.807, 2.05) is 24.3 Å². The lowest BCUT2D eigenvalue weighted by Gasteiger charge is -2.23. The van der Waals surface area contributed by atoms with E-state index in [0.29, 0.717) is 0 Å². The summed E-state index contributed by atoms with van der Waals surface area (Å²) in [6, 6.07) is 27.8. The van der Waals surface area contributed by atoms with Crippen molar-refractivity contribution < 1.29 is 4.39 Å². The molecule has 4 aromatic rings. The Kier molecular flexibility index (Phi) is 7.69. The number of benzene rings is 3. The molecule has 0 aliphatic carbocycles. The van der Waals surface area contributed by atoms with Gasteiger partial charge in [0.1, 0.15) is 11.6 Å². The number of imidazole rings is 1. The number of halogens is 1. The van der Waals surface area contributed by atoms with Crippen molar-refractivity contribution in [3.05, 3.63) is 102 Å². The maximum atomic E-state index is 13.4. The van der Waals surface area contributed by atoms with Crippen LogP contribution >= 0.6 is 0 Å². The van der Waals surface area contributed by atoms with Crippen molar-refractivity contribution in [3.8, 4) is 22.6 Å². The van der Waals surface area contributed by atoms with Gasteiger partial charge in [-0.1, -0.05) is 93.1 Å². The molecule has 4 rings (SSSR count). The standard InChI is InChI=1S/C29H32FN3/c1-3-5-20-33-27(22-32(4-2)21-23-16-18-26(30)19-17-23)28(24-12-8-6-9-13-24)31-29(33)25-14-10-7-11-15-25/h6-19H,3-5,20-22H2,1-2H3. The molecule has 0 atom stereocenters. The van der Waals surface area contributed by atoms with E-state index in [9.17, 15) is 4.39 Å². The zero-order valence-electron chi connectivity index (χ0n) is 19.5. The van der Waals surface area contributed by atoms with Gasteiger partial charge in [0.15, 0.2) is 0 Å². The molecule has 0 N–H and O–H groups in total. The van der Waals surface area contributed by atoms with E-state index in [1.165, 1.54) is 17.8 Å². The lowest BCUT2D eigenvalue weighted by molar-refractivity contribution is 0.264. The highest BCUT2D eigenvalue weighted by molar-refractivity contribution is 5.68. The fourth-order valence-electron chi connectivity index (χ4n) is 4.18. The first kappa shape index (κ1) is 22.9. The van der Waals surface area contributed by atoms with E-state index in [-0.39, 0.29) is 5.82 Å². The minimum absolute atomic E-state index is 0.196. The van der Waals surface area contributed by atoms with Gasteiger partial charge in [0.25, 0.3) is 0 Å². The molecule has 3 aromatic carbocycles. The smallest absolute Gasteiger partial charge is 0.140 e. The van der Waals surface area contributed by atoms with Crippen LogP contribution in [0, 0.1) is 5.82 Å². The van der Waals surface area contributed by atoms with Crippen LogP contribution in [0.4, 0.5) is 4.39 Å². The van der Waals surface area contributed by atoms with Gasteiger partial charge in [0.05, 0.1) is 11.4 Å². The predicted octanol–water partition coefficient (Wildman–Crippen LogP) is 7.18. The molecule has 1 aromatic heterocycles. The van der Waals surface area contributed by atoms with Crippen molar-refractivity contribution in [2.75, 3.05) is 6.54 Å². The minimum Gasteiger partial charge on any atom is -0.326 e. The summed E-state index contributed by atoms with van der Waals surface area (Å²) >= 11 is 0. The van der Waals surface area contributed by atoms with Gasteiger partial charge in [-0.15, -0.1) is 0 Å². The van der Waals surface area contributed by atoms with Crippen molar-refractivity contribution in [2.45, 2.75) is 46.3 Å². The Morgan fingerprint density at radius 2 is 1.42 bits per heavy atom. The summed E-state index contributed by atoms with van der Waals surface area (Å²) in [6.07, 6.45) is 2.22. The predicted molar refractivity (Wildman–Crippen MR) is 134 cm³/mol. The maximum Gasteiger partial charge on any atom is 0.140 e. The van der Waals surface area contributed by atoms with Crippen LogP contribution in [0.5, 0.6) is 0 Å². The Bertz CT molecular complexity index is 1130. The Labute approximate surface area is 196 Å². The van der Waals surface area contributed by atoms with Crippen molar-refractivity contribution in [2.24, 2.45) is 0 Å². The first-order chi connectivity index (χ1) is 16.2. The topological polar surface area (TPSA) is 21.1 Å². The Hall–Kier alpha value is -3.24. The van der Waals surface area contributed by atoms with Gasteiger partial charge in [0, 0.05) is 30.8 Å². The molecule has 0 amide bonds. The maximum absolute atomic E-state index is 13.4. The molecule has 1 heterocycles. The molecule has 0 aliphatic rings. The van der Waals surface area contributed by atoms with Crippen LogP contribution in [0.3, 0.4) is 0 Å². The number of aromatic nitrogens is 2. The molecule has 0 unspecified atom stereocenters. The summed E-state index contributed by atoms with van der Waals surface area (Å²) in [7, 11) is 0. The number of rotatable bonds is 10. The van der Waals surface area contributed by atoms with Crippen molar-refractivity contribution >= 4 is 0 Å². The van der Waals surface area contributed by atoms with Crippen LogP contribution in [0.25, 0.3) is 22.6 Å². The van der Waals surface area contributed by atoms with E-state index in [2.05, 4.69) is 71.8 Å². The monoisotopic (exact) mass is 441 g/mol. The molecule has 0 spiro atoms. The van der Waals surface area contributed by atoms with E-state index >= 15 is 0 Å². The number of hydrogen-bond acceptors (Lipinski definition) is 2. The van der Waals surface area contributed by atoms with Gasteiger partial charge in [-0.3, -0.25) is 4.90 Å². The number of nitrogens with zero attached hydrogens (tertiary/aromatic N) is 3. The van der Waals surface area contributed by atoms with Crippen molar-refractivity contribution in [1.29, 1.82) is 0 Å². The van der Waals surface area contributed by atoms with Gasteiger partial charge < -0.3 is 4.57 Å². The van der Waals surface area contributed by atoms with E-state index < -0.39 is 0 Å². The van der Waals surface area contributed by atoms with Crippen LogP contribution < -0.4 is 0 Å². The number of unbranched alkanes of at least 4 members (excludes halogenated alkanes) is 1. The molecule has 0 radical (unpaired) electrons. The summed E-state index contributed by atoms with van der Waals surface area (Å²) in [5, 5.41) is 0. The Balaban J connectivity index is 1.77. The minimum atomic E-state index is -0.196. The van der Waals surface area contributed by atoms with Gasteiger partial charge in [-0.05, 0) is 30.7 Å². The van der Waals surface area contributed by atoms with Gasteiger partial charge >= 0.3 is 0 Å². The summed E-state index contributed by atoms with van der Waals surface area (Å²) in [4.78, 5) is 7.59. The third-order valence-electron chi connectivity index (χ3n) is 6.03. The van der Waals surface area contributed by atoms with Crippen molar-refractivity contribution in [3.63, 3.8) is 0 Å². The molecule has 33 heavy (non-hydrogen) atoms. The molecule has 0 aliphatic heterocycles. The first-order valence-corrected chi connectivity index (χ1v) is 11.9. The van der Waals surface area contributed by atoms with E-state index in [4.69, 9.17) is 4.98 Å². The third-order valence-corrected chi connectivity index (χ3v) is 6.03. The molecule has 0 saturated heterocycles. The van der Waals surface area contributed by atoms with Gasteiger partial charge in [0.2, 0.25) is 0 Å². The van der Waals surface area contributed by atoms with Crippen molar-refractivity contribution in [1.82, 2.24) is 14.5 Å². The summed E-state index contributed by atoms with van der Waals surface area (Å²) in [5.41, 5.74) is 5.67. The lowest BCUT2D eigenvalue weighted by atomic mass is 10.1. The fraction of sp³-hybridized carbons (Fsp3) is 0.276. The normalized spacial score (nSPS) is 11.3. The zero-order valence-corrected chi connectivity index (χ0v) is 19.5. The second-order valence-corrected chi connectivity index (χ2v) is 8.40. The summed E-state index contributed by atoms with van der Waals surface area (Å²) in [6.45, 7) is 7.78. The zero-order chi connectivity index (χ0) is 23.0. The second kappa shape index (κ2) is 11.1. The quantitative estimate of drug-likeness (QED) is 0.260.